The van der Waals surface area contributed by atoms with Crippen LogP contribution in [0.3, 0.4) is 0 Å². The average Bonchev–Trinajstić information content (AvgIpc) is 2.74. The molecule has 0 saturated carbocycles. The van der Waals surface area contributed by atoms with Gasteiger partial charge in [-0.05, 0) is 43.3 Å². The standard InChI is InChI=1S/C23H22N2O3/c1-23(22(27)28,24-21(26)18-11-5-2-6-12-18)17-25(19-13-7-3-8-14-19)20-15-9-4-10-16-20/h2-16H,17H2,1H3,(H,24,26)(H,27,28)/t23-/m0/s1. The van der Waals surface area contributed by atoms with Crippen molar-refractivity contribution in [3.63, 3.8) is 0 Å². The van der Waals surface area contributed by atoms with Gasteiger partial charge in [0.05, 0.1) is 6.54 Å². The van der Waals surface area contributed by atoms with Crippen molar-refractivity contribution in [1.82, 2.24) is 5.32 Å². The number of amides is 1. The Bertz CT molecular complexity index is 890. The minimum absolute atomic E-state index is 0.0644. The number of nitrogens with one attached hydrogen (secondary N) is 1. The number of hydrogen-bond acceptors (Lipinski definition) is 3. The van der Waals surface area contributed by atoms with E-state index in [9.17, 15) is 14.7 Å². The van der Waals surface area contributed by atoms with Gasteiger partial charge in [0.25, 0.3) is 5.91 Å². The molecule has 5 nitrogen and oxygen atoms in total. The maximum absolute atomic E-state index is 12.6. The summed E-state index contributed by atoms with van der Waals surface area (Å²) < 4.78 is 0. The first-order valence-electron chi connectivity index (χ1n) is 8.98. The molecule has 28 heavy (non-hydrogen) atoms. The second-order valence-electron chi connectivity index (χ2n) is 6.71. The summed E-state index contributed by atoms with van der Waals surface area (Å²) in [5.74, 6) is -1.53. The zero-order chi connectivity index (χ0) is 20.0. The molecule has 0 fully saturated rings. The number of nitrogens with zero attached hydrogens (tertiary/aromatic N) is 1. The fourth-order valence-electron chi connectivity index (χ4n) is 2.94. The first kappa shape index (κ1) is 19.2. The van der Waals surface area contributed by atoms with Gasteiger partial charge in [0, 0.05) is 16.9 Å². The number of aliphatic carboxylic acids is 1. The van der Waals surface area contributed by atoms with Gasteiger partial charge in [-0.1, -0.05) is 54.6 Å². The highest BCUT2D eigenvalue weighted by molar-refractivity contribution is 5.98. The minimum Gasteiger partial charge on any atom is -0.479 e. The van der Waals surface area contributed by atoms with Gasteiger partial charge in [0.2, 0.25) is 0 Å². The molecule has 5 heteroatoms. The molecular weight excluding hydrogens is 352 g/mol. The van der Waals surface area contributed by atoms with Crippen LogP contribution in [0, 0.1) is 0 Å². The van der Waals surface area contributed by atoms with Crippen molar-refractivity contribution in [1.29, 1.82) is 0 Å². The van der Waals surface area contributed by atoms with Crippen molar-refractivity contribution in [2.45, 2.75) is 12.5 Å². The van der Waals surface area contributed by atoms with Crippen LogP contribution < -0.4 is 10.2 Å². The molecule has 0 radical (unpaired) electrons. The first-order valence-corrected chi connectivity index (χ1v) is 8.98. The highest BCUT2D eigenvalue weighted by Gasteiger charge is 2.37. The lowest BCUT2D eigenvalue weighted by Crippen LogP contribution is -2.58. The quantitative estimate of drug-likeness (QED) is 0.653. The number of para-hydroxylation sites is 2. The molecule has 3 rings (SSSR count). The lowest BCUT2D eigenvalue weighted by molar-refractivity contribution is -0.143. The molecule has 0 aromatic heterocycles. The first-order chi connectivity index (χ1) is 13.5. The molecule has 142 valence electrons. The molecule has 2 N–H and O–H groups in total. The van der Waals surface area contributed by atoms with E-state index in [0.29, 0.717) is 5.56 Å². The van der Waals surface area contributed by atoms with Crippen molar-refractivity contribution in [3.05, 3.63) is 96.6 Å². The van der Waals surface area contributed by atoms with Gasteiger partial charge in [-0.25, -0.2) is 4.79 Å². The van der Waals surface area contributed by atoms with Gasteiger partial charge in [0.1, 0.15) is 0 Å². The molecule has 1 amide bonds. The van der Waals surface area contributed by atoms with E-state index in [1.54, 1.807) is 30.3 Å². The SMILES string of the molecule is C[C@@](CN(c1ccccc1)c1ccccc1)(NC(=O)c1ccccc1)C(=O)O. The largest absolute Gasteiger partial charge is 0.479 e. The highest BCUT2D eigenvalue weighted by atomic mass is 16.4. The average molecular weight is 374 g/mol. The lowest BCUT2D eigenvalue weighted by Gasteiger charge is -2.34. The zero-order valence-corrected chi connectivity index (χ0v) is 15.6. The molecule has 0 saturated heterocycles. The van der Waals surface area contributed by atoms with Crippen LogP contribution in [0.4, 0.5) is 11.4 Å². The van der Waals surface area contributed by atoms with Crippen LogP contribution in [0.2, 0.25) is 0 Å². The van der Waals surface area contributed by atoms with Crippen molar-refractivity contribution < 1.29 is 14.7 Å². The third-order valence-corrected chi connectivity index (χ3v) is 4.51. The van der Waals surface area contributed by atoms with E-state index in [1.165, 1.54) is 6.92 Å². The Hall–Kier alpha value is -3.60. The van der Waals surface area contributed by atoms with Crippen LogP contribution in [0.15, 0.2) is 91.0 Å². The fourth-order valence-corrected chi connectivity index (χ4v) is 2.94. The van der Waals surface area contributed by atoms with E-state index in [2.05, 4.69) is 5.32 Å². The Morgan fingerprint density at radius 1 is 0.821 bits per heavy atom. The number of hydrogen-bond donors (Lipinski definition) is 2. The topological polar surface area (TPSA) is 69.6 Å². The van der Waals surface area contributed by atoms with Crippen molar-refractivity contribution in [2.24, 2.45) is 0 Å². The molecule has 0 spiro atoms. The third-order valence-electron chi connectivity index (χ3n) is 4.51. The Labute approximate surface area is 164 Å². The molecular formula is C23H22N2O3. The van der Waals surface area contributed by atoms with Crippen molar-refractivity contribution in [2.75, 3.05) is 11.4 Å². The predicted molar refractivity (Wildman–Crippen MR) is 110 cm³/mol. The molecule has 0 aliphatic heterocycles. The van der Waals surface area contributed by atoms with Gasteiger partial charge in [-0.15, -0.1) is 0 Å². The minimum atomic E-state index is -1.50. The number of carboxylic acids is 1. The smallest absolute Gasteiger partial charge is 0.331 e. The van der Waals surface area contributed by atoms with Gasteiger partial charge < -0.3 is 15.3 Å². The molecule has 0 unspecified atom stereocenters. The van der Waals surface area contributed by atoms with Crippen LogP contribution >= 0.6 is 0 Å². The summed E-state index contributed by atoms with van der Waals surface area (Å²) in [5.41, 5.74) is 0.602. The Morgan fingerprint density at radius 2 is 1.25 bits per heavy atom. The number of carbonyl (C=O) groups is 2. The molecule has 0 aliphatic rings. The summed E-state index contributed by atoms with van der Waals surface area (Å²) in [6, 6.07) is 27.6. The Balaban J connectivity index is 1.93. The van der Waals surface area contributed by atoms with E-state index in [1.807, 2.05) is 65.6 Å². The number of rotatable bonds is 7. The summed E-state index contributed by atoms with van der Waals surface area (Å²) in [6.45, 7) is 1.59. The van der Waals surface area contributed by atoms with Crippen LogP contribution in [0.1, 0.15) is 17.3 Å². The van der Waals surface area contributed by atoms with Gasteiger partial charge in [0.15, 0.2) is 5.54 Å². The molecule has 1 atom stereocenters. The number of carboxylic acid groups (broad SMARTS) is 1. The maximum atomic E-state index is 12.6. The van der Waals surface area contributed by atoms with E-state index in [0.717, 1.165) is 11.4 Å². The number of anilines is 2. The maximum Gasteiger partial charge on any atom is 0.331 e. The van der Waals surface area contributed by atoms with Crippen LogP contribution in [-0.2, 0) is 4.79 Å². The summed E-state index contributed by atoms with van der Waals surface area (Å²) in [7, 11) is 0. The van der Waals surface area contributed by atoms with Gasteiger partial charge in [-0.2, -0.15) is 0 Å². The molecule has 3 aromatic rings. The molecule has 0 aliphatic carbocycles. The van der Waals surface area contributed by atoms with Crippen molar-refractivity contribution >= 4 is 23.3 Å². The normalized spacial score (nSPS) is 12.6. The Kier molecular flexibility index (Phi) is 5.75. The summed E-state index contributed by atoms with van der Waals surface area (Å²) in [5, 5.41) is 12.6. The van der Waals surface area contributed by atoms with Gasteiger partial charge in [-0.3, -0.25) is 4.79 Å². The van der Waals surface area contributed by atoms with Gasteiger partial charge >= 0.3 is 5.97 Å². The zero-order valence-electron chi connectivity index (χ0n) is 15.6. The van der Waals surface area contributed by atoms with E-state index < -0.39 is 17.4 Å². The number of carbonyl (C=O) groups excluding carboxylic acids is 1. The summed E-state index contributed by atoms with van der Waals surface area (Å²) in [4.78, 5) is 26.7. The summed E-state index contributed by atoms with van der Waals surface area (Å²) in [6.07, 6.45) is 0. The van der Waals surface area contributed by atoms with Crippen LogP contribution in [0.5, 0.6) is 0 Å². The van der Waals surface area contributed by atoms with Crippen LogP contribution in [-0.4, -0.2) is 29.1 Å². The van der Waals surface area contributed by atoms with Crippen molar-refractivity contribution in [3.8, 4) is 0 Å². The third kappa shape index (κ3) is 4.38. The Morgan fingerprint density at radius 3 is 1.68 bits per heavy atom. The lowest BCUT2D eigenvalue weighted by atomic mass is 9.99. The summed E-state index contributed by atoms with van der Waals surface area (Å²) >= 11 is 0. The van der Waals surface area contributed by atoms with E-state index in [-0.39, 0.29) is 6.54 Å². The fraction of sp³-hybridized carbons (Fsp3) is 0.130. The monoisotopic (exact) mass is 374 g/mol. The molecule has 0 bridgehead atoms. The molecule has 0 heterocycles. The molecule has 3 aromatic carbocycles. The van der Waals surface area contributed by atoms with Crippen LogP contribution in [0.25, 0.3) is 0 Å². The highest BCUT2D eigenvalue weighted by Crippen LogP contribution is 2.27. The second kappa shape index (κ2) is 8.39. The second-order valence-corrected chi connectivity index (χ2v) is 6.71. The predicted octanol–water partition coefficient (Wildman–Crippen LogP) is 4.10. The van der Waals surface area contributed by atoms with E-state index in [4.69, 9.17) is 0 Å². The number of benzene rings is 3. The van der Waals surface area contributed by atoms with E-state index >= 15 is 0 Å².